The zero-order chi connectivity index (χ0) is 11.9. The lowest BCUT2D eigenvalue weighted by Gasteiger charge is -2.04. The van der Waals surface area contributed by atoms with E-state index in [-0.39, 0.29) is 26.1 Å². The molecule has 0 spiro atoms. The van der Waals surface area contributed by atoms with Crippen molar-refractivity contribution in [3.8, 4) is 0 Å². The van der Waals surface area contributed by atoms with Gasteiger partial charge in [-0.15, -0.1) is 0 Å². The standard InChI is InChI=1S/C10H3BrClF2NO/c11-6-2-7(13)9-5(8(6)14)1-4(3-16)10(12)15-9/h1-3H. The third-order valence-electron chi connectivity index (χ3n) is 2.06. The van der Waals surface area contributed by atoms with E-state index in [1.807, 2.05) is 0 Å². The van der Waals surface area contributed by atoms with E-state index in [0.29, 0.717) is 6.29 Å². The molecule has 0 amide bonds. The third-order valence-corrected chi connectivity index (χ3v) is 2.94. The fraction of sp³-hybridized carbons (Fsp3) is 0. The first-order valence-electron chi connectivity index (χ1n) is 4.13. The van der Waals surface area contributed by atoms with Crippen LogP contribution in [0.15, 0.2) is 16.6 Å². The lowest BCUT2D eigenvalue weighted by atomic mass is 10.1. The first-order chi connectivity index (χ1) is 7.54. The van der Waals surface area contributed by atoms with Gasteiger partial charge in [0.1, 0.15) is 16.5 Å². The first kappa shape index (κ1) is 11.4. The van der Waals surface area contributed by atoms with Gasteiger partial charge in [-0.05, 0) is 28.1 Å². The summed E-state index contributed by atoms with van der Waals surface area (Å²) >= 11 is 8.49. The molecule has 0 fully saturated rings. The second kappa shape index (κ2) is 4.07. The van der Waals surface area contributed by atoms with Gasteiger partial charge in [-0.2, -0.15) is 0 Å². The number of hydrogen-bond acceptors (Lipinski definition) is 2. The topological polar surface area (TPSA) is 30.0 Å². The molecule has 1 aromatic carbocycles. The van der Waals surface area contributed by atoms with Crippen LogP contribution < -0.4 is 0 Å². The summed E-state index contributed by atoms with van der Waals surface area (Å²) in [6.45, 7) is 0. The highest BCUT2D eigenvalue weighted by Gasteiger charge is 2.14. The normalized spacial score (nSPS) is 10.8. The molecular formula is C10H3BrClF2NO. The molecule has 6 heteroatoms. The van der Waals surface area contributed by atoms with Gasteiger partial charge in [0, 0.05) is 5.39 Å². The number of benzene rings is 1. The SMILES string of the molecule is O=Cc1cc2c(F)c(Br)cc(F)c2nc1Cl. The Hall–Kier alpha value is -1.07. The van der Waals surface area contributed by atoms with Gasteiger partial charge in [-0.3, -0.25) is 4.79 Å². The quantitative estimate of drug-likeness (QED) is 0.456. The highest BCUT2D eigenvalue weighted by atomic mass is 79.9. The Labute approximate surface area is 102 Å². The first-order valence-corrected chi connectivity index (χ1v) is 5.30. The van der Waals surface area contributed by atoms with Crippen molar-refractivity contribution in [2.24, 2.45) is 0 Å². The van der Waals surface area contributed by atoms with Crippen LogP contribution in [0.25, 0.3) is 10.9 Å². The van der Waals surface area contributed by atoms with Crippen molar-refractivity contribution in [3.05, 3.63) is 39.0 Å². The summed E-state index contributed by atoms with van der Waals surface area (Å²) < 4.78 is 27.0. The zero-order valence-corrected chi connectivity index (χ0v) is 9.94. The number of aldehydes is 1. The van der Waals surface area contributed by atoms with Gasteiger partial charge in [0.25, 0.3) is 0 Å². The largest absolute Gasteiger partial charge is 0.298 e. The molecule has 0 atom stereocenters. The summed E-state index contributed by atoms with van der Waals surface area (Å²) in [5.74, 6) is -1.38. The van der Waals surface area contributed by atoms with Gasteiger partial charge in [0.05, 0.1) is 10.0 Å². The molecule has 0 N–H and O–H groups in total. The molecule has 2 rings (SSSR count). The summed E-state index contributed by atoms with van der Waals surface area (Å²) in [5, 5.41) is -0.235. The van der Waals surface area contributed by atoms with Gasteiger partial charge < -0.3 is 0 Å². The molecule has 0 saturated carbocycles. The Morgan fingerprint density at radius 2 is 2.06 bits per heavy atom. The van der Waals surface area contributed by atoms with Crippen LogP contribution in [0.4, 0.5) is 8.78 Å². The second-order valence-corrected chi connectivity index (χ2v) is 4.25. The van der Waals surface area contributed by atoms with Crippen LogP contribution in [-0.2, 0) is 0 Å². The van der Waals surface area contributed by atoms with Gasteiger partial charge in [-0.25, -0.2) is 13.8 Å². The van der Waals surface area contributed by atoms with Crippen molar-refractivity contribution in [1.82, 2.24) is 4.98 Å². The second-order valence-electron chi connectivity index (χ2n) is 3.04. The summed E-state index contributed by atoms with van der Waals surface area (Å²) in [7, 11) is 0. The summed E-state index contributed by atoms with van der Waals surface area (Å²) in [6.07, 6.45) is 0.438. The molecule has 82 valence electrons. The highest BCUT2D eigenvalue weighted by molar-refractivity contribution is 9.10. The third kappa shape index (κ3) is 1.70. The smallest absolute Gasteiger partial charge is 0.153 e. The highest BCUT2D eigenvalue weighted by Crippen LogP contribution is 2.28. The van der Waals surface area contributed by atoms with Gasteiger partial charge >= 0.3 is 0 Å². The zero-order valence-electron chi connectivity index (χ0n) is 7.60. The molecule has 0 saturated heterocycles. The molecule has 0 aliphatic heterocycles. The van der Waals surface area contributed by atoms with E-state index in [2.05, 4.69) is 20.9 Å². The Balaban J connectivity index is 2.96. The van der Waals surface area contributed by atoms with Crippen LogP contribution >= 0.6 is 27.5 Å². The molecule has 1 aromatic heterocycles. The number of rotatable bonds is 1. The Bertz CT molecular complexity index is 603. The Morgan fingerprint density at radius 3 is 2.69 bits per heavy atom. The average Bonchev–Trinajstić information content (AvgIpc) is 2.25. The van der Waals surface area contributed by atoms with E-state index >= 15 is 0 Å². The van der Waals surface area contributed by atoms with E-state index in [1.165, 1.54) is 6.07 Å². The summed E-state index contributed by atoms with van der Waals surface area (Å²) in [6, 6.07) is 2.13. The van der Waals surface area contributed by atoms with E-state index in [1.54, 1.807) is 0 Å². The fourth-order valence-corrected chi connectivity index (χ4v) is 1.91. The minimum Gasteiger partial charge on any atom is -0.298 e. The number of pyridine rings is 1. The van der Waals surface area contributed by atoms with Crippen LogP contribution in [0.1, 0.15) is 10.4 Å². The molecule has 0 bridgehead atoms. The Kier molecular flexibility index (Phi) is 2.90. The lowest BCUT2D eigenvalue weighted by molar-refractivity contribution is 0.112. The van der Waals surface area contributed by atoms with Crippen molar-refractivity contribution in [3.63, 3.8) is 0 Å². The van der Waals surface area contributed by atoms with E-state index in [0.717, 1.165) is 6.07 Å². The van der Waals surface area contributed by atoms with E-state index in [4.69, 9.17) is 11.6 Å². The monoisotopic (exact) mass is 305 g/mol. The Morgan fingerprint density at radius 1 is 1.38 bits per heavy atom. The van der Waals surface area contributed by atoms with Gasteiger partial charge in [0.2, 0.25) is 0 Å². The van der Waals surface area contributed by atoms with E-state index < -0.39 is 11.6 Å². The average molecular weight is 306 g/mol. The lowest BCUT2D eigenvalue weighted by Crippen LogP contribution is -1.94. The molecule has 16 heavy (non-hydrogen) atoms. The van der Waals surface area contributed by atoms with Crippen LogP contribution in [0.5, 0.6) is 0 Å². The number of carbonyl (C=O) groups excluding carboxylic acids is 1. The number of nitrogens with zero attached hydrogens (tertiary/aromatic N) is 1. The maximum atomic E-state index is 13.6. The van der Waals surface area contributed by atoms with Crippen LogP contribution in [-0.4, -0.2) is 11.3 Å². The minimum absolute atomic E-state index is 0.0190. The van der Waals surface area contributed by atoms with Crippen molar-refractivity contribution >= 4 is 44.7 Å². The molecule has 2 nitrogen and oxygen atoms in total. The summed E-state index contributed by atoms with van der Waals surface area (Å²) in [5.41, 5.74) is -0.179. The molecular weight excluding hydrogens is 303 g/mol. The molecule has 2 aromatic rings. The molecule has 0 aliphatic carbocycles. The van der Waals surface area contributed by atoms with Crippen molar-refractivity contribution in [1.29, 1.82) is 0 Å². The van der Waals surface area contributed by atoms with Crippen LogP contribution in [0, 0.1) is 11.6 Å². The summed E-state index contributed by atoms with van der Waals surface area (Å²) in [4.78, 5) is 14.2. The number of hydrogen-bond donors (Lipinski definition) is 0. The number of aromatic nitrogens is 1. The molecule has 1 heterocycles. The van der Waals surface area contributed by atoms with E-state index in [9.17, 15) is 13.6 Å². The molecule has 0 aliphatic rings. The van der Waals surface area contributed by atoms with Gasteiger partial charge in [-0.1, -0.05) is 11.6 Å². The van der Waals surface area contributed by atoms with Gasteiger partial charge in [0.15, 0.2) is 12.1 Å². The van der Waals surface area contributed by atoms with Crippen molar-refractivity contribution in [2.45, 2.75) is 0 Å². The number of halogens is 4. The predicted molar refractivity (Wildman–Crippen MR) is 59.8 cm³/mol. The minimum atomic E-state index is -0.706. The number of carbonyl (C=O) groups is 1. The maximum Gasteiger partial charge on any atom is 0.153 e. The number of fused-ring (bicyclic) bond motifs is 1. The predicted octanol–water partition coefficient (Wildman–Crippen LogP) is 3.74. The fourth-order valence-electron chi connectivity index (χ4n) is 1.31. The van der Waals surface area contributed by atoms with Crippen LogP contribution in [0.3, 0.4) is 0 Å². The van der Waals surface area contributed by atoms with Crippen LogP contribution in [0.2, 0.25) is 5.15 Å². The van der Waals surface area contributed by atoms with Crippen molar-refractivity contribution in [2.75, 3.05) is 0 Å². The molecule has 0 unspecified atom stereocenters. The van der Waals surface area contributed by atoms with Crippen molar-refractivity contribution < 1.29 is 13.6 Å². The molecule has 0 radical (unpaired) electrons. The maximum absolute atomic E-state index is 13.6.